The van der Waals surface area contributed by atoms with Crippen LogP contribution in [-0.4, -0.2) is 34.1 Å². The minimum absolute atomic E-state index is 0.0656. The highest BCUT2D eigenvalue weighted by atomic mass is 32.2. The monoisotopic (exact) mass is 395 g/mol. The van der Waals surface area contributed by atoms with Gasteiger partial charge in [0.15, 0.2) is 5.82 Å². The predicted octanol–water partition coefficient (Wildman–Crippen LogP) is 3.78. The third kappa shape index (κ3) is 5.01. The van der Waals surface area contributed by atoms with Crippen molar-refractivity contribution in [3.05, 3.63) is 72.3 Å². The van der Waals surface area contributed by atoms with Crippen molar-refractivity contribution in [2.45, 2.75) is 11.3 Å². The number of amides is 1. The summed E-state index contributed by atoms with van der Waals surface area (Å²) in [5.74, 6) is 1.65. The van der Waals surface area contributed by atoms with Crippen LogP contribution in [0.4, 0.5) is 5.69 Å². The van der Waals surface area contributed by atoms with Crippen LogP contribution in [0.25, 0.3) is 0 Å². The highest BCUT2D eigenvalue weighted by Crippen LogP contribution is 2.22. The van der Waals surface area contributed by atoms with E-state index in [2.05, 4.69) is 10.3 Å². The molecule has 1 N–H and O–H groups in total. The number of carbonyl (C=O) groups is 2. The zero-order valence-corrected chi connectivity index (χ0v) is 16.5. The van der Waals surface area contributed by atoms with Crippen LogP contribution in [0.2, 0.25) is 0 Å². The predicted molar refractivity (Wildman–Crippen MR) is 110 cm³/mol. The largest absolute Gasteiger partial charge is 0.497 e. The van der Waals surface area contributed by atoms with Crippen molar-refractivity contribution in [1.82, 2.24) is 9.55 Å². The first-order valence-corrected chi connectivity index (χ1v) is 9.74. The Morgan fingerprint density at radius 3 is 2.43 bits per heavy atom. The smallest absolute Gasteiger partial charge is 0.228 e. The maximum absolute atomic E-state index is 12.4. The first-order chi connectivity index (χ1) is 13.6. The van der Waals surface area contributed by atoms with Gasteiger partial charge in [0, 0.05) is 47.8 Å². The lowest BCUT2D eigenvalue weighted by atomic mass is 10.1. The number of hydrogen-bond donors (Lipinski definition) is 1. The topological polar surface area (TPSA) is 73.2 Å². The van der Waals surface area contributed by atoms with Crippen LogP contribution in [0, 0.1) is 0 Å². The Bertz CT molecular complexity index is 950. The molecule has 1 aromatic heterocycles. The van der Waals surface area contributed by atoms with E-state index in [1.54, 1.807) is 67.1 Å². The summed E-state index contributed by atoms with van der Waals surface area (Å²) >= 11 is 1.61. The van der Waals surface area contributed by atoms with Crippen LogP contribution < -0.4 is 10.1 Å². The molecule has 0 aliphatic carbocycles. The average molecular weight is 395 g/mol. The number of aromatic nitrogens is 2. The molecule has 0 aliphatic rings. The van der Waals surface area contributed by atoms with E-state index in [0.29, 0.717) is 29.2 Å². The van der Waals surface area contributed by atoms with Crippen LogP contribution in [-0.2, 0) is 11.8 Å². The number of nitrogens with one attached hydrogen (secondary N) is 1. The lowest BCUT2D eigenvalue weighted by Gasteiger charge is -2.07. The van der Waals surface area contributed by atoms with Crippen LogP contribution in [0.15, 0.2) is 65.8 Å². The molecular formula is C21H21N3O3S. The molecule has 0 fully saturated rings. The molecule has 1 heterocycles. The number of methoxy groups -OCH3 is 1. The average Bonchev–Trinajstić information content (AvgIpc) is 3.14. The van der Waals surface area contributed by atoms with Crippen molar-refractivity contribution < 1.29 is 14.3 Å². The van der Waals surface area contributed by atoms with Crippen molar-refractivity contribution in [3.63, 3.8) is 0 Å². The fourth-order valence-corrected chi connectivity index (χ4v) is 3.43. The zero-order chi connectivity index (χ0) is 19.9. The van der Waals surface area contributed by atoms with Gasteiger partial charge < -0.3 is 14.6 Å². The summed E-state index contributed by atoms with van der Waals surface area (Å²) < 4.78 is 6.81. The Hall–Kier alpha value is -3.06. The minimum Gasteiger partial charge on any atom is -0.497 e. The first-order valence-electron chi connectivity index (χ1n) is 8.75. The Morgan fingerprint density at radius 2 is 1.82 bits per heavy atom. The van der Waals surface area contributed by atoms with Crippen molar-refractivity contribution in [1.29, 1.82) is 0 Å². The van der Waals surface area contributed by atoms with Gasteiger partial charge in [-0.2, -0.15) is 0 Å². The lowest BCUT2D eigenvalue weighted by molar-refractivity contribution is -0.115. The number of aryl methyl sites for hydroxylation is 1. The number of imidazole rings is 1. The number of nitrogens with zero attached hydrogens (tertiary/aromatic N) is 2. The van der Waals surface area contributed by atoms with Gasteiger partial charge in [-0.1, -0.05) is 0 Å². The van der Waals surface area contributed by atoms with Gasteiger partial charge in [0.2, 0.25) is 11.7 Å². The third-order valence-electron chi connectivity index (χ3n) is 4.11. The molecule has 0 saturated carbocycles. The summed E-state index contributed by atoms with van der Waals surface area (Å²) in [6.45, 7) is 0. The second-order valence-corrected chi connectivity index (χ2v) is 7.26. The molecule has 0 atom stereocenters. The number of rotatable bonds is 8. The molecule has 0 aliphatic heterocycles. The first kappa shape index (κ1) is 19.7. The van der Waals surface area contributed by atoms with E-state index < -0.39 is 0 Å². The molecule has 6 nitrogen and oxygen atoms in total. The summed E-state index contributed by atoms with van der Waals surface area (Å²) in [6, 6.07) is 14.6. The second-order valence-electron chi connectivity index (χ2n) is 6.09. The van der Waals surface area contributed by atoms with Gasteiger partial charge in [0.1, 0.15) is 5.75 Å². The van der Waals surface area contributed by atoms with Crippen LogP contribution in [0.1, 0.15) is 22.6 Å². The molecule has 0 bridgehead atoms. The second kappa shape index (κ2) is 9.23. The fourth-order valence-electron chi connectivity index (χ4n) is 2.58. The molecule has 7 heteroatoms. The molecule has 0 saturated heterocycles. The lowest BCUT2D eigenvalue weighted by Crippen LogP contribution is -2.13. The summed E-state index contributed by atoms with van der Waals surface area (Å²) in [4.78, 5) is 29.7. The van der Waals surface area contributed by atoms with Crippen LogP contribution in [0.5, 0.6) is 5.75 Å². The number of hydrogen-bond acceptors (Lipinski definition) is 5. The van der Waals surface area contributed by atoms with E-state index in [1.807, 2.05) is 24.3 Å². The summed E-state index contributed by atoms with van der Waals surface area (Å²) in [5.41, 5.74) is 1.19. The molecule has 144 valence electrons. The molecule has 28 heavy (non-hydrogen) atoms. The third-order valence-corrected chi connectivity index (χ3v) is 5.13. The maximum atomic E-state index is 12.4. The van der Waals surface area contributed by atoms with Gasteiger partial charge in [-0.05, 0) is 48.5 Å². The summed E-state index contributed by atoms with van der Waals surface area (Å²) in [5, 5.41) is 2.85. The quantitative estimate of drug-likeness (QED) is 0.464. The van der Waals surface area contributed by atoms with Crippen molar-refractivity contribution in [2.75, 3.05) is 18.2 Å². The van der Waals surface area contributed by atoms with E-state index in [-0.39, 0.29) is 11.7 Å². The Kier molecular flexibility index (Phi) is 6.49. The summed E-state index contributed by atoms with van der Waals surface area (Å²) in [6.07, 6.45) is 3.71. The van der Waals surface area contributed by atoms with Crippen LogP contribution >= 0.6 is 11.8 Å². The Balaban J connectivity index is 1.48. The number of benzene rings is 2. The molecule has 2 aromatic carbocycles. The molecule has 3 rings (SSSR count). The number of ketones is 1. The number of anilines is 1. The molecule has 0 radical (unpaired) electrons. The molecule has 0 unspecified atom stereocenters. The van der Waals surface area contributed by atoms with E-state index in [9.17, 15) is 9.59 Å². The van der Waals surface area contributed by atoms with Gasteiger partial charge in [-0.3, -0.25) is 9.59 Å². The molecule has 0 spiro atoms. The highest BCUT2D eigenvalue weighted by Gasteiger charge is 2.13. The standard InChI is InChI=1S/C21H21N3O3S/c1-24-13-12-22-21(24)20(26)15-3-5-16(6-4-15)23-19(25)11-14-28-18-9-7-17(27-2)8-10-18/h3-10,12-13H,11,14H2,1-2H3,(H,23,25). The molecule has 3 aromatic rings. The van der Waals surface area contributed by atoms with E-state index in [4.69, 9.17) is 4.74 Å². The minimum atomic E-state index is -0.152. The molecular weight excluding hydrogens is 374 g/mol. The SMILES string of the molecule is COc1ccc(SCCC(=O)Nc2ccc(C(=O)c3nccn3C)cc2)cc1. The van der Waals surface area contributed by atoms with Gasteiger partial charge in [0.05, 0.1) is 7.11 Å². The van der Waals surface area contributed by atoms with Crippen molar-refractivity contribution in [2.24, 2.45) is 7.05 Å². The number of thioether (sulfide) groups is 1. The van der Waals surface area contributed by atoms with E-state index in [1.165, 1.54) is 0 Å². The summed E-state index contributed by atoms with van der Waals surface area (Å²) in [7, 11) is 3.41. The maximum Gasteiger partial charge on any atom is 0.228 e. The highest BCUT2D eigenvalue weighted by molar-refractivity contribution is 7.99. The van der Waals surface area contributed by atoms with Gasteiger partial charge in [0.25, 0.3) is 0 Å². The van der Waals surface area contributed by atoms with E-state index >= 15 is 0 Å². The Morgan fingerprint density at radius 1 is 1.11 bits per heavy atom. The van der Waals surface area contributed by atoms with Crippen LogP contribution in [0.3, 0.4) is 0 Å². The van der Waals surface area contributed by atoms with Gasteiger partial charge >= 0.3 is 0 Å². The van der Waals surface area contributed by atoms with Gasteiger partial charge in [-0.15, -0.1) is 11.8 Å². The normalized spacial score (nSPS) is 10.5. The Labute approximate surface area is 167 Å². The van der Waals surface area contributed by atoms with Crippen molar-refractivity contribution in [3.8, 4) is 5.75 Å². The number of ether oxygens (including phenoxy) is 1. The molecule has 1 amide bonds. The van der Waals surface area contributed by atoms with E-state index in [0.717, 1.165) is 10.6 Å². The zero-order valence-electron chi connectivity index (χ0n) is 15.7. The van der Waals surface area contributed by atoms with Crippen molar-refractivity contribution >= 4 is 29.1 Å². The van der Waals surface area contributed by atoms with Gasteiger partial charge in [-0.25, -0.2) is 4.98 Å². The fraction of sp³-hybridized carbons (Fsp3) is 0.190. The number of carbonyl (C=O) groups excluding carboxylic acids is 2.